The molecule has 0 spiro atoms. The number of carbonyl (C=O) groups is 2. The fourth-order valence-corrected chi connectivity index (χ4v) is 5.15. The van der Waals surface area contributed by atoms with Gasteiger partial charge < -0.3 is 24.8 Å². The molecule has 0 amide bonds. The maximum absolute atomic E-state index is 13.6. The largest absolute Gasteiger partial charge is 1.00 e. The second kappa shape index (κ2) is 12.4. The Bertz CT molecular complexity index is 1890. The van der Waals surface area contributed by atoms with Crippen molar-refractivity contribution in [1.82, 2.24) is 0 Å². The van der Waals surface area contributed by atoms with Crippen LogP contribution >= 0.6 is 0 Å². The maximum Gasteiger partial charge on any atom is 1.00 e. The van der Waals surface area contributed by atoms with Crippen molar-refractivity contribution in [3.05, 3.63) is 101 Å². The third kappa shape index (κ3) is 6.60. The van der Waals surface area contributed by atoms with E-state index in [4.69, 9.17) is 0 Å². The third-order valence-corrected chi connectivity index (χ3v) is 7.71. The molecule has 11 nitrogen and oxygen atoms in total. The van der Waals surface area contributed by atoms with Gasteiger partial charge in [0.15, 0.2) is 11.6 Å². The number of anilines is 4. The van der Waals surface area contributed by atoms with E-state index in [1.807, 2.05) is 0 Å². The summed E-state index contributed by atoms with van der Waals surface area (Å²) in [7, 11) is -9.41. The van der Waals surface area contributed by atoms with E-state index in [1.165, 1.54) is 42.5 Å². The number of carbonyl (C=O) groups excluding carboxylic acids is 2. The Morgan fingerprint density at radius 3 is 1.46 bits per heavy atom. The summed E-state index contributed by atoms with van der Waals surface area (Å²) in [6, 6.07) is 16.7. The summed E-state index contributed by atoms with van der Waals surface area (Å²) in [6.45, 7) is 0. The number of fused-ring (bicyclic) bond motifs is 2. The molecule has 0 fully saturated rings. The number of phenolic OH excluding ortho intramolecular Hbond substituents is 1. The first-order valence-corrected chi connectivity index (χ1v) is 13.9. The fourth-order valence-electron chi connectivity index (χ4n) is 4.21. The third-order valence-electron chi connectivity index (χ3n) is 6.01. The Morgan fingerprint density at radius 2 is 1.02 bits per heavy atom. The molecule has 41 heavy (non-hydrogen) atoms. The average Bonchev–Trinajstić information content (AvgIpc) is 2.88. The predicted octanol–water partition coefficient (Wildman–Crippen LogP) is -2.53. The van der Waals surface area contributed by atoms with Gasteiger partial charge in [-0.1, -0.05) is 24.3 Å². The Balaban J connectivity index is 0.00000231. The van der Waals surface area contributed by atoms with Crippen molar-refractivity contribution in [3.63, 3.8) is 0 Å². The van der Waals surface area contributed by atoms with Crippen molar-refractivity contribution >= 4 is 54.6 Å². The fraction of sp³-hybridized carbons (Fsp3) is 0. The van der Waals surface area contributed by atoms with Gasteiger partial charge >= 0.3 is 59.1 Å². The van der Waals surface area contributed by atoms with E-state index < -0.39 is 47.3 Å². The first-order chi connectivity index (χ1) is 18.3. The van der Waals surface area contributed by atoms with Crippen LogP contribution in [-0.4, -0.2) is 42.6 Å². The molecule has 0 unspecified atom stereocenters. The second-order valence-corrected chi connectivity index (χ2v) is 11.2. The zero-order valence-electron chi connectivity index (χ0n) is 21.5. The van der Waals surface area contributed by atoms with E-state index in [0.29, 0.717) is 0 Å². The van der Waals surface area contributed by atoms with Gasteiger partial charge in [-0.25, -0.2) is 16.8 Å². The molecule has 15 heteroatoms. The molecule has 0 atom stereocenters. The van der Waals surface area contributed by atoms with E-state index >= 15 is 0 Å². The number of benzene rings is 4. The normalized spacial score (nSPS) is 12.3. The number of ketones is 2. The van der Waals surface area contributed by atoms with Gasteiger partial charge in [-0.05, 0) is 48.5 Å². The quantitative estimate of drug-likeness (QED) is 0.104. The van der Waals surface area contributed by atoms with Gasteiger partial charge in [0.05, 0.1) is 32.3 Å². The molecule has 4 aromatic carbocycles. The van der Waals surface area contributed by atoms with Crippen LogP contribution in [0.3, 0.4) is 0 Å². The van der Waals surface area contributed by atoms with Gasteiger partial charge in [0, 0.05) is 28.6 Å². The van der Waals surface area contributed by atoms with E-state index in [0.717, 1.165) is 24.3 Å². The molecule has 0 aromatic heterocycles. The van der Waals surface area contributed by atoms with E-state index in [9.17, 15) is 40.6 Å². The molecule has 5 rings (SSSR count). The minimum absolute atomic E-state index is 0. The number of aromatic hydroxyl groups is 1. The molecule has 198 valence electrons. The number of hydrogen-bond acceptors (Lipinski definition) is 11. The van der Waals surface area contributed by atoms with Crippen molar-refractivity contribution in [2.75, 3.05) is 10.6 Å². The number of phenols is 1. The minimum Gasteiger partial charge on any atom is -0.744 e. The molecule has 3 N–H and O–H groups in total. The maximum atomic E-state index is 13.6. The first kappa shape index (κ1) is 32.9. The Kier molecular flexibility index (Phi) is 9.93. The SMILES string of the molecule is O=C1c2ccccc2C(=O)c2c(Nc3ccc(S(=O)(=O)[O-])cc3)c(Nc3ccc(S(=O)(=O)[O-])cc3)cc(O)c21.[Na+].[Na+]. The second-order valence-electron chi connectivity index (χ2n) is 8.48. The van der Waals surface area contributed by atoms with Gasteiger partial charge in [0.1, 0.15) is 26.0 Å². The van der Waals surface area contributed by atoms with Crippen LogP contribution in [-0.2, 0) is 20.2 Å². The van der Waals surface area contributed by atoms with Gasteiger partial charge in [-0.3, -0.25) is 9.59 Å². The Hall–Kier alpha value is -2.56. The van der Waals surface area contributed by atoms with Crippen molar-refractivity contribution < 1.29 is 99.8 Å². The smallest absolute Gasteiger partial charge is 0.744 e. The predicted molar refractivity (Wildman–Crippen MR) is 137 cm³/mol. The molecule has 0 saturated carbocycles. The summed E-state index contributed by atoms with van der Waals surface area (Å²) in [5.41, 5.74) is 0.430. The van der Waals surface area contributed by atoms with Crippen LogP contribution in [0.5, 0.6) is 5.75 Å². The van der Waals surface area contributed by atoms with E-state index in [2.05, 4.69) is 10.6 Å². The summed E-state index contributed by atoms with van der Waals surface area (Å²) in [4.78, 5) is 25.9. The molecule has 1 aliphatic rings. The Morgan fingerprint density at radius 1 is 0.610 bits per heavy atom. The van der Waals surface area contributed by atoms with Gasteiger partial charge in [-0.15, -0.1) is 0 Å². The van der Waals surface area contributed by atoms with Crippen LogP contribution in [0.2, 0.25) is 0 Å². The Labute approximate surface area is 279 Å². The van der Waals surface area contributed by atoms with Crippen molar-refractivity contribution in [2.45, 2.75) is 9.79 Å². The number of nitrogens with one attached hydrogen (secondary N) is 2. The van der Waals surface area contributed by atoms with Crippen LogP contribution in [0.4, 0.5) is 22.7 Å². The molecule has 0 radical (unpaired) electrons. The van der Waals surface area contributed by atoms with Gasteiger partial charge in [0.25, 0.3) is 0 Å². The standard InChI is InChI=1S/C26H18N2O9S2.2Na/c29-21-13-20(27-14-5-9-16(10-6-14)38(32,33)34)24(28-15-7-11-17(12-8-15)39(35,36)37)23-22(21)25(30)18-3-1-2-4-19(18)26(23)31;;/h1-13,27-29H,(H,32,33,34)(H,35,36,37);;/q;2*+1/p-2. The van der Waals surface area contributed by atoms with Crippen LogP contribution in [0, 0.1) is 0 Å². The van der Waals surface area contributed by atoms with Crippen LogP contribution in [0.1, 0.15) is 31.8 Å². The van der Waals surface area contributed by atoms with Gasteiger partial charge in [0.2, 0.25) is 0 Å². The molecule has 0 bridgehead atoms. The molecule has 0 aliphatic heterocycles. The van der Waals surface area contributed by atoms with E-state index in [1.54, 1.807) is 12.1 Å². The first-order valence-electron chi connectivity index (χ1n) is 11.1. The molecular weight excluding hydrogens is 594 g/mol. The van der Waals surface area contributed by atoms with Crippen molar-refractivity contribution in [2.24, 2.45) is 0 Å². The summed E-state index contributed by atoms with van der Waals surface area (Å²) < 4.78 is 67.8. The number of rotatable bonds is 6. The molecule has 0 saturated heterocycles. The monoisotopic (exact) mass is 610 g/mol. The van der Waals surface area contributed by atoms with Crippen LogP contribution in [0.25, 0.3) is 0 Å². The van der Waals surface area contributed by atoms with Crippen LogP contribution in [0.15, 0.2) is 88.7 Å². The summed E-state index contributed by atoms with van der Waals surface area (Å²) in [5, 5.41) is 16.7. The van der Waals surface area contributed by atoms with Crippen LogP contribution < -0.4 is 69.7 Å². The summed E-state index contributed by atoms with van der Waals surface area (Å²) >= 11 is 0. The van der Waals surface area contributed by atoms with Crippen molar-refractivity contribution in [3.8, 4) is 5.75 Å². The topological polar surface area (TPSA) is 193 Å². The van der Waals surface area contributed by atoms with Gasteiger partial charge in [-0.2, -0.15) is 0 Å². The molecule has 1 aliphatic carbocycles. The minimum atomic E-state index is -4.71. The molecule has 4 aromatic rings. The average molecular weight is 611 g/mol. The molecule has 0 heterocycles. The van der Waals surface area contributed by atoms with Crippen molar-refractivity contribution in [1.29, 1.82) is 0 Å². The van der Waals surface area contributed by atoms with E-state index in [-0.39, 0.29) is 104 Å². The zero-order chi connectivity index (χ0) is 28.1. The summed E-state index contributed by atoms with van der Waals surface area (Å²) in [5.74, 6) is -1.67. The zero-order valence-corrected chi connectivity index (χ0v) is 27.2. The summed E-state index contributed by atoms with van der Waals surface area (Å²) in [6.07, 6.45) is 0. The number of hydrogen-bond donors (Lipinski definition) is 3. The molecular formula is C26H16N2Na2O9S2.